The number of aromatic nitrogens is 3. The molecule has 28 heavy (non-hydrogen) atoms. The molecule has 0 spiro atoms. The van der Waals surface area contributed by atoms with E-state index in [-0.39, 0.29) is 17.9 Å². The molecular weight excluding hydrogens is 374 g/mol. The second-order valence-corrected chi connectivity index (χ2v) is 8.09. The standard InChI is InChI=1S/C20H21N5O2S/c1-23(2)20(27)18-9-8-17(28-18)16-7-4-10-25(16)19(26)14-5-3-6-15(11-14)24-12-21-22-13-24/h3,5-6,8-9,11-13,16H,4,7,10H2,1-2H3. The van der Waals surface area contributed by atoms with Gasteiger partial charge in [-0.3, -0.25) is 14.2 Å². The van der Waals surface area contributed by atoms with Gasteiger partial charge in [-0.05, 0) is 43.2 Å². The minimum atomic E-state index is -0.00577. The van der Waals surface area contributed by atoms with E-state index >= 15 is 0 Å². The number of hydrogen-bond donors (Lipinski definition) is 0. The summed E-state index contributed by atoms with van der Waals surface area (Å²) in [6.07, 6.45) is 5.08. The van der Waals surface area contributed by atoms with E-state index in [1.165, 1.54) is 11.3 Å². The van der Waals surface area contributed by atoms with Gasteiger partial charge in [0.25, 0.3) is 11.8 Å². The lowest BCUT2D eigenvalue weighted by Crippen LogP contribution is -2.30. The molecule has 1 aliphatic heterocycles. The van der Waals surface area contributed by atoms with Crippen molar-refractivity contribution >= 4 is 23.2 Å². The van der Waals surface area contributed by atoms with Gasteiger partial charge < -0.3 is 9.80 Å². The average Bonchev–Trinajstić information content (AvgIpc) is 3.47. The number of rotatable bonds is 4. The minimum Gasteiger partial charge on any atom is -0.344 e. The van der Waals surface area contributed by atoms with Crippen LogP contribution in [0.2, 0.25) is 0 Å². The van der Waals surface area contributed by atoms with E-state index in [9.17, 15) is 9.59 Å². The van der Waals surface area contributed by atoms with Crippen molar-refractivity contribution in [3.63, 3.8) is 0 Å². The van der Waals surface area contributed by atoms with Crippen LogP contribution in [0.4, 0.5) is 0 Å². The minimum absolute atomic E-state index is 0.00577. The van der Waals surface area contributed by atoms with Crippen molar-refractivity contribution in [3.8, 4) is 5.69 Å². The van der Waals surface area contributed by atoms with Crippen LogP contribution in [0.25, 0.3) is 5.69 Å². The van der Waals surface area contributed by atoms with Gasteiger partial charge in [0.05, 0.1) is 10.9 Å². The zero-order valence-corrected chi connectivity index (χ0v) is 16.6. The SMILES string of the molecule is CN(C)C(=O)c1ccc(C2CCCN2C(=O)c2cccc(-n3cnnc3)c2)s1. The van der Waals surface area contributed by atoms with Crippen molar-refractivity contribution in [2.24, 2.45) is 0 Å². The zero-order valence-electron chi connectivity index (χ0n) is 15.8. The number of benzene rings is 1. The van der Waals surface area contributed by atoms with Gasteiger partial charge in [-0.2, -0.15) is 0 Å². The highest BCUT2D eigenvalue weighted by Gasteiger charge is 2.32. The van der Waals surface area contributed by atoms with Crippen LogP contribution in [0.1, 0.15) is 43.8 Å². The molecule has 3 aromatic rings. The van der Waals surface area contributed by atoms with Gasteiger partial charge in [-0.1, -0.05) is 6.07 Å². The second-order valence-electron chi connectivity index (χ2n) is 6.98. The topological polar surface area (TPSA) is 71.3 Å². The molecule has 1 aromatic carbocycles. The highest BCUT2D eigenvalue weighted by atomic mass is 32.1. The summed E-state index contributed by atoms with van der Waals surface area (Å²) in [5, 5.41) is 7.64. The first-order valence-electron chi connectivity index (χ1n) is 9.12. The van der Waals surface area contributed by atoms with E-state index in [0.29, 0.717) is 10.4 Å². The van der Waals surface area contributed by atoms with Crippen LogP contribution in [0.5, 0.6) is 0 Å². The summed E-state index contributed by atoms with van der Waals surface area (Å²) in [6.45, 7) is 0.717. The maximum Gasteiger partial charge on any atom is 0.263 e. The van der Waals surface area contributed by atoms with Gasteiger partial charge in [0.2, 0.25) is 0 Å². The lowest BCUT2D eigenvalue weighted by atomic mass is 10.1. The molecule has 1 aliphatic rings. The number of carbonyl (C=O) groups excluding carboxylic acids is 2. The summed E-state index contributed by atoms with van der Waals surface area (Å²) in [5.41, 5.74) is 1.49. The average molecular weight is 395 g/mol. The molecule has 1 atom stereocenters. The maximum atomic E-state index is 13.2. The maximum absolute atomic E-state index is 13.2. The first-order chi connectivity index (χ1) is 13.5. The fourth-order valence-electron chi connectivity index (χ4n) is 3.47. The Morgan fingerprint density at radius 3 is 2.68 bits per heavy atom. The summed E-state index contributed by atoms with van der Waals surface area (Å²) in [4.78, 5) is 30.7. The van der Waals surface area contributed by atoms with Crippen LogP contribution in [0.15, 0.2) is 49.1 Å². The molecule has 1 fully saturated rings. The summed E-state index contributed by atoms with van der Waals surface area (Å²) >= 11 is 1.48. The van der Waals surface area contributed by atoms with Crippen LogP contribution < -0.4 is 0 Å². The molecule has 0 N–H and O–H groups in total. The number of amides is 2. The van der Waals surface area contributed by atoms with Gasteiger partial charge in [-0.25, -0.2) is 0 Å². The van der Waals surface area contributed by atoms with Gasteiger partial charge >= 0.3 is 0 Å². The summed E-state index contributed by atoms with van der Waals surface area (Å²) in [7, 11) is 3.49. The number of hydrogen-bond acceptors (Lipinski definition) is 5. The Morgan fingerprint density at radius 2 is 1.93 bits per heavy atom. The van der Waals surface area contributed by atoms with Crippen molar-refractivity contribution in [3.05, 3.63) is 64.4 Å². The normalized spacial score (nSPS) is 16.4. The molecule has 1 saturated heterocycles. The molecule has 0 aliphatic carbocycles. The van der Waals surface area contributed by atoms with E-state index in [0.717, 1.165) is 30.0 Å². The predicted octanol–water partition coefficient (Wildman–Crippen LogP) is 3.01. The molecule has 3 heterocycles. The van der Waals surface area contributed by atoms with Crippen molar-refractivity contribution in [1.82, 2.24) is 24.6 Å². The molecular formula is C20H21N5O2S. The summed E-state index contributed by atoms with van der Waals surface area (Å²) in [6, 6.07) is 11.3. The molecule has 0 saturated carbocycles. The summed E-state index contributed by atoms with van der Waals surface area (Å²) < 4.78 is 1.77. The predicted molar refractivity (Wildman–Crippen MR) is 107 cm³/mol. The van der Waals surface area contributed by atoms with E-state index in [1.807, 2.05) is 41.3 Å². The Labute approximate surface area is 167 Å². The summed E-state index contributed by atoms with van der Waals surface area (Å²) in [5.74, 6) is 0.0000711. The van der Waals surface area contributed by atoms with Crippen LogP contribution >= 0.6 is 11.3 Å². The van der Waals surface area contributed by atoms with Gasteiger partial charge in [-0.15, -0.1) is 21.5 Å². The largest absolute Gasteiger partial charge is 0.344 e. The van der Waals surface area contributed by atoms with Crippen molar-refractivity contribution in [2.75, 3.05) is 20.6 Å². The lowest BCUT2D eigenvalue weighted by molar-refractivity contribution is 0.0737. The molecule has 0 radical (unpaired) electrons. The number of carbonyl (C=O) groups is 2. The molecule has 0 bridgehead atoms. The van der Waals surface area contributed by atoms with Crippen LogP contribution in [-0.2, 0) is 0 Å². The Kier molecular flexibility index (Phi) is 4.95. The van der Waals surface area contributed by atoms with Crippen molar-refractivity contribution in [2.45, 2.75) is 18.9 Å². The lowest BCUT2D eigenvalue weighted by Gasteiger charge is -2.24. The van der Waals surface area contributed by atoms with E-state index in [4.69, 9.17) is 0 Å². The first-order valence-corrected chi connectivity index (χ1v) is 9.93. The van der Waals surface area contributed by atoms with Crippen LogP contribution in [-0.4, -0.2) is 57.0 Å². The van der Waals surface area contributed by atoms with Crippen molar-refractivity contribution in [1.29, 1.82) is 0 Å². The molecule has 1 unspecified atom stereocenters. The zero-order chi connectivity index (χ0) is 19.7. The smallest absolute Gasteiger partial charge is 0.263 e. The Morgan fingerprint density at radius 1 is 1.14 bits per heavy atom. The van der Waals surface area contributed by atoms with Crippen molar-refractivity contribution < 1.29 is 9.59 Å². The number of thiophene rings is 1. The monoisotopic (exact) mass is 395 g/mol. The molecule has 7 nitrogen and oxygen atoms in total. The highest BCUT2D eigenvalue weighted by Crippen LogP contribution is 2.37. The third kappa shape index (κ3) is 3.43. The molecule has 2 aromatic heterocycles. The fourth-order valence-corrected chi connectivity index (χ4v) is 4.65. The third-order valence-corrected chi connectivity index (χ3v) is 6.07. The van der Waals surface area contributed by atoms with Gasteiger partial charge in [0.15, 0.2) is 0 Å². The highest BCUT2D eigenvalue weighted by molar-refractivity contribution is 7.14. The Bertz CT molecular complexity index is 996. The second kappa shape index (κ2) is 7.55. The van der Waals surface area contributed by atoms with E-state index < -0.39 is 0 Å². The van der Waals surface area contributed by atoms with Gasteiger partial charge in [0.1, 0.15) is 12.7 Å². The Balaban J connectivity index is 1.58. The van der Waals surface area contributed by atoms with Crippen LogP contribution in [0.3, 0.4) is 0 Å². The fraction of sp³-hybridized carbons (Fsp3) is 0.300. The van der Waals surface area contributed by atoms with E-state index in [2.05, 4.69) is 10.2 Å². The molecule has 144 valence electrons. The van der Waals surface area contributed by atoms with E-state index in [1.54, 1.807) is 36.2 Å². The Hall–Kier alpha value is -3.00. The number of likely N-dealkylation sites (tertiary alicyclic amines) is 1. The number of nitrogens with zero attached hydrogens (tertiary/aromatic N) is 5. The first kappa shape index (κ1) is 18.4. The van der Waals surface area contributed by atoms with Crippen LogP contribution in [0, 0.1) is 0 Å². The molecule has 4 rings (SSSR count). The third-order valence-electron chi connectivity index (χ3n) is 4.90. The molecule has 2 amide bonds. The molecule has 8 heteroatoms. The van der Waals surface area contributed by atoms with Gasteiger partial charge in [0, 0.05) is 36.8 Å². The quantitative estimate of drug-likeness (QED) is 0.681.